The molecule has 0 aliphatic rings. The van der Waals surface area contributed by atoms with E-state index in [4.69, 9.17) is 46.4 Å². The Bertz CT molecular complexity index is 1470. The van der Waals surface area contributed by atoms with Crippen molar-refractivity contribution in [3.05, 3.63) is 92.4 Å². The van der Waals surface area contributed by atoms with Gasteiger partial charge in [-0.05, 0) is 68.3 Å². The summed E-state index contributed by atoms with van der Waals surface area (Å²) in [5.41, 5.74) is 0.746. The molecule has 3 rings (SSSR count). The summed E-state index contributed by atoms with van der Waals surface area (Å²) < 4.78 is 28.5. The Kier molecular flexibility index (Phi) is 11.1. The summed E-state index contributed by atoms with van der Waals surface area (Å²) in [6.07, 6.45) is 0.694. The number of halogens is 4. The maximum absolute atomic E-state index is 13.9. The van der Waals surface area contributed by atoms with Crippen molar-refractivity contribution in [1.29, 1.82) is 0 Å². The van der Waals surface area contributed by atoms with Gasteiger partial charge in [-0.25, -0.2) is 8.42 Å². The Labute approximate surface area is 255 Å². The predicted molar refractivity (Wildman–Crippen MR) is 162 cm³/mol. The molecule has 40 heavy (non-hydrogen) atoms. The molecule has 0 spiro atoms. The highest BCUT2D eigenvalue weighted by Gasteiger charge is 2.33. The van der Waals surface area contributed by atoms with Crippen LogP contribution < -0.4 is 9.62 Å². The van der Waals surface area contributed by atoms with E-state index >= 15 is 0 Å². The van der Waals surface area contributed by atoms with Crippen LogP contribution in [0.3, 0.4) is 0 Å². The van der Waals surface area contributed by atoms with Crippen molar-refractivity contribution in [3.63, 3.8) is 0 Å². The molecule has 0 radical (unpaired) electrons. The lowest BCUT2D eigenvalue weighted by molar-refractivity contribution is -0.139. The molecule has 0 bridgehead atoms. The zero-order valence-corrected chi connectivity index (χ0v) is 25.9. The van der Waals surface area contributed by atoms with E-state index in [1.165, 1.54) is 35.2 Å². The monoisotopic (exact) mass is 643 g/mol. The number of nitrogens with one attached hydrogen (secondary N) is 1. The topological polar surface area (TPSA) is 86.8 Å². The Morgan fingerprint density at radius 1 is 0.850 bits per heavy atom. The number of carbonyl (C=O) groups is 2. The fourth-order valence-electron chi connectivity index (χ4n) is 3.77. The number of amides is 2. The first kappa shape index (κ1) is 32.0. The fraction of sp³-hybridized carbons (Fsp3) is 0.286. The number of anilines is 1. The molecule has 0 heterocycles. The SMILES string of the molecule is CC[C@@H](C)NC(=O)[C@H](C)N(Cc1ccc(Cl)c(Cl)c1)C(=O)CN(c1ccc(Cl)c(Cl)c1)S(=O)(=O)c1ccccc1. The third-order valence-corrected chi connectivity index (χ3v) is 9.57. The first-order valence-corrected chi connectivity index (χ1v) is 15.4. The minimum atomic E-state index is -4.22. The average molecular weight is 645 g/mol. The minimum absolute atomic E-state index is 0.0209. The van der Waals surface area contributed by atoms with Gasteiger partial charge in [0.1, 0.15) is 12.6 Å². The van der Waals surface area contributed by atoms with Crippen LogP contribution in [0.25, 0.3) is 0 Å². The van der Waals surface area contributed by atoms with Crippen molar-refractivity contribution < 1.29 is 18.0 Å². The van der Waals surface area contributed by atoms with E-state index in [2.05, 4.69) is 5.32 Å². The van der Waals surface area contributed by atoms with Gasteiger partial charge >= 0.3 is 0 Å². The summed E-state index contributed by atoms with van der Waals surface area (Å²) in [5.74, 6) is -1.00. The van der Waals surface area contributed by atoms with Gasteiger partial charge in [0.2, 0.25) is 11.8 Å². The van der Waals surface area contributed by atoms with Gasteiger partial charge in [-0.15, -0.1) is 0 Å². The van der Waals surface area contributed by atoms with E-state index in [1.54, 1.807) is 43.3 Å². The van der Waals surface area contributed by atoms with Gasteiger partial charge in [0.15, 0.2) is 0 Å². The van der Waals surface area contributed by atoms with Crippen LogP contribution in [0.1, 0.15) is 32.8 Å². The number of sulfonamides is 1. The van der Waals surface area contributed by atoms with Crippen LogP contribution in [-0.2, 0) is 26.2 Å². The van der Waals surface area contributed by atoms with Crippen LogP contribution in [0.4, 0.5) is 5.69 Å². The third kappa shape index (κ3) is 7.83. The number of rotatable bonds is 11. The summed E-state index contributed by atoms with van der Waals surface area (Å²) in [5, 5.41) is 3.85. The average Bonchev–Trinajstić information content (AvgIpc) is 2.93. The van der Waals surface area contributed by atoms with Crippen LogP contribution in [0.15, 0.2) is 71.6 Å². The van der Waals surface area contributed by atoms with Crippen LogP contribution >= 0.6 is 46.4 Å². The standard InChI is InChI=1S/C28H29Cl4N3O4S/c1-4-18(2)33-28(37)19(3)34(16-20-10-12-23(29)25(31)14-20)27(36)17-35(21-11-13-24(30)26(32)15-21)40(38,39)22-8-6-5-7-9-22/h5-15,18-19H,4,16-17H2,1-3H3,(H,33,37)/t18-,19+/m1/s1. The van der Waals surface area contributed by atoms with Crippen LogP contribution in [0.5, 0.6) is 0 Å². The molecule has 214 valence electrons. The molecule has 3 aromatic carbocycles. The summed E-state index contributed by atoms with van der Waals surface area (Å²) in [4.78, 5) is 28.3. The van der Waals surface area contributed by atoms with E-state index in [-0.39, 0.29) is 44.1 Å². The Balaban J connectivity index is 2.05. The molecular formula is C28H29Cl4N3O4S. The maximum atomic E-state index is 13.9. The second-order valence-electron chi connectivity index (χ2n) is 9.19. The molecule has 7 nitrogen and oxygen atoms in total. The summed E-state index contributed by atoms with van der Waals surface area (Å²) in [6.45, 7) is 4.73. The molecule has 1 N–H and O–H groups in total. The van der Waals surface area contributed by atoms with Crippen molar-refractivity contribution in [2.45, 2.75) is 50.7 Å². The van der Waals surface area contributed by atoms with Crippen LogP contribution in [-0.4, -0.2) is 43.8 Å². The molecular weight excluding hydrogens is 616 g/mol. The molecule has 0 saturated heterocycles. The van der Waals surface area contributed by atoms with Crippen molar-refractivity contribution in [2.24, 2.45) is 0 Å². The molecule has 0 aromatic heterocycles. The summed E-state index contributed by atoms with van der Waals surface area (Å²) in [6, 6.07) is 15.8. The lowest BCUT2D eigenvalue weighted by atomic mass is 10.1. The van der Waals surface area contributed by atoms with E-state index in [0.29, 0.717) is 17.0 Å². The number of nitrogens with zero attached hydrogens (tertiary/aromatic N) is 2. The van der Waals surface area contributed by atoms with Crippen molar-refractivity contribution >= 4 is 73.9 Å². The fourth-order valence-corrected chi connectivity index (χ4v) is 5.81. The molecule has 0 aliphatic heterocycles. The van der Waals surface area contributed by atoms with E-state index in [1.807, 2.05) is 13.8 Å². The highest BCUT2D eigenvalue weighted by atomic mass is 35.5. The van der Waals surface area contributed by atoms with Gasteiger partial charge in [-0.3, -0.25) is 13.9 Å². The summed E-state index contributed by atoms with van der Waals surface area (Å²) >= 11 is 24.6. The van der Waals surface area contributed by atoms with Gasteiger partial charge < -0.3 is 10.2 Å². The summed E-state index contributed by atoms with van der Waals surface area (Å²) in [7, 11) is -4.22. The Morgan fingerprint density at radius 3 is 2.02 bits per heavy atom. The Morgan fingerprint density at radius 2 is 1.45 bits per heavy atom. The largest absolute Gasteiger partial charge is 0.352 e. The van der Waals surface area contributed by atoms with Crippen LogP contribution in [0, 0.1) is 0 Å². The van der Waals surface area contributed by atoms with Gasteiger partial charge in [-0.2, -0.15) is 0 Å². The van der Waals surface area contributed by atoms with Crippen molar-refractivity contribution in [2.75, 3.05) is 10.8 Å². The van der Waals surface area contributed by atoms with Crippen molar-refractivity contribution in [3.8, 4) is 0 Å². The first-order chi connectivity index (χ1) is 18.8. The molecule has 0 fully saturated rings. The Hall–Kier alpha value is -2.49. The van der Waals surface area contributed by atoms with E-state index in [9.17, 15) is 18.0 Å². The zero-order chi connectivity index (χ0) is 29.6. The molecule has 12 heteroatoms. The smallest absolute Gasteiger partial charge is 0.264 e. The second kappa shape index (κ2) is 13.9. The molecule has 2 amide bonds. The zero-order valence-electron chi connectivity index (χ0n) is 22.1. The van der Waals surface area contributed by atoms with Gasteiger partial charge in [0, 0.05) is 12.6 Å². The quantitative estimate of drug-likeness (QED) is 0.248. The van der Waals surface area contributed by atoms with E-state index < -0.39 is 28.5 Å². The third-order valence-electron chi connectivity index (χ3n) is 6.31. The number of carbonyl (C=O) groups excluding carboxylic acids is 2. The van der Waals surface area contributed by atoms with Crippen LogP contribution in [0.2, 0.25) is 20.1 Å². The lowest BCUT2D eigenvalue weighted by Gasteiger charge is -2.32. The highest BCUT2D eigenvalue weighted by Crippen LogP contribution is 2.31. The number of hydrogen-bond acceptors (Lipinski definition) is 4. The number of benzene rings is 3. The maximum Gasteiger partial charge on any atom is 0.264 e. The molecule has 0 saturated carbocycles. The van der Waals surface area contributed by atoms with Gasteiger partial charge in [0.25, 0.3) is 10.0 Å². The molecule has 3 aromatic rings. The lowest BCUT2D eigenvalue weighted by Crippen LogP contribution is -2.52. The van der Waals surface area contributed by atoms with Gasteiger partial charge in [0.05, 0.1) is 30.7 Å². The first-order valence-electron chi connectivity index (χ1n) is 12.4. The molecule has 0 aliphatic carbocycles. The number of hydrogen-bond donors (Lipinski definition) is 1. The highest BCUT2D eigenvalue weighted by molar-refractivity contribution is 7.92. The predicted octanol–water partition coefficient (Wildman–Crippen LogP) is 6.83. The van der Waals surface area contributed by atoms with E-state index in [0.717, 1.165) is 4.31 Å². The van der Waals surface area contributed by atoms with Crippen molar-refractivity contribution in [1.82, 2.24) is 10.2 Å². The van der Waals surface area contributed by atoms with Gasteiger partial charge in [-0.1, -0.05) is 77.6 Å². The molecule has 0 unspecified atom stereocenters. The normalized spacial score (nSPS) is 12.9. The second-order valence-corrected chi connectivity index (χ2v) is 12.7. The minimum Gasteiger partial charge on any atom is -0.352 e. The molecule has 2 atom stereocenters.